The molecule has 6 heteroatoms. The van der Waals surface area contributed by atoms with Gasteiger partial charge in [-0.05, 0) is 32.1 Å². The van der Waals surface area contributed by atoms with Gasteiger partial charge in [0.25, 0.3) is 0 Å². The third-order valence-electron chi connectivity index (χ3n) is 4.68. The fourth-order valence-electron chi connectivity index (χ4n) is 3.32. The molecule has 0 radical (unpaired) electrons. The molecule has 0 aromatic rings. The maximum atomic E-state index is 12.5. The van der Waals surface area contributed by atoms with Crippen LogP contribution in [0.15, 0.2) is 0 Å². The van der Waals surface area contributed by atoms with E-state index in [-0.39, 0.29) is 6.03 Å². The molecule has 0 aromatic carbocycles. The van der Waals surface area contributed by atoms with Crippen LogP contribution in [0.1, 0.15) is 32.1 Å². The number of piperazine rings is 1. The van der Waals surface area contributed by atoms with Crippen LogP contribution in [0.25, 0.3) is 0 Å². The number of amides is 2. The second-order valence-electron chi connectivity index (χ2n) is 6.08. The average molecular weight is 281 g/mol. The van der Waals surface area contributed by atoms with Crippen molar-refractivity contribution in [1.29, 1.82) is 0 Å². The fourth-order valence-corrected chi connectivity index (χ4v) is 3.32. The summed E-state index contributed by atoms with van der Waals surface area (Å²) in [5.74, 6) is -0.866. The van der Waals surface area contributed by atoms with Crippen LogP contribution < -0.4 is 0 Å². The van der Waals surface area contributed by atoms with Gasteiger partial charge < -0.3 is 14.9 Å². The van der Waals surface area contributed by atoms with Gasteiger partial charge in [-0.15, -0.1) is 0 Å². The van der Waals surface area contributed by atoms with Crippen LogP contribution in [0.5, 0.6) is 0 Å². The first-order valence-electron chi connectivity index (χ1n) is 7.69. The molecule has 2 amide bonds. The zero-order valence-electron chi connectivity index (χ0n) is 11.8. The van der Waals surface area contributed by atoms with Crippen molar-refractivity contribution >= 4 is 12.0 Å². The molecule has 0 spiro atoms. The van der Waals surface area contributed by atoms with Crippen molar-refractivity contribution in [3.8, 4) is 0 Å². The number of carbonyl (C=O) groups excluding carboxylic acids is 1. The zero-order chi connectivity index (χ0) is 14.1. The first-order valence-corrected chi connectivity index (χ1v) is 7.69. The first-order chi connectivity index (χ1) is 9.66. The van der Waals surface area contributed by atoms with Crippen molar-refractivity contribution in [2.45, 2.75) is 44.2 Å². The quantitative estimate of drug-likeness (QED) is 0.814. The SMILES string of the molecule is O=C(O)C1CCCCN1C(=O)N1CCN(C2CC2)CC1. The summed E-state index contributed by atoms with van der Waals surface area (Å²) in [5, 5.41) is 9.26. The van der Waals surface area contributed by atoms with E-state index in [1.165, 1.54) is 12.8 Å². The van der Waals surface area contributed by atoms with Crippen LogP contribution in [-0.4, -0.2) is 76.6 Å². The highest BCUT2D eigenvalue weighted by Gasteiger charge is 2.37. The number of likely N-dealkylation sites (tertiary alicyclic amines) is 1. The number of rotatable bonds is 2. The summed E-state index contributed by atoms with van der Waals surface area (Å²) in [6, 6.07) is 0.0410. The summed E-state index contributed by atoms with van der Waals surface area (Å²) in [7, 11) is 0. The molecule has 112 valence electrons. The van der Waals surface area contributed by atoms with Crippen LogP contribution in [0.4, 0.5) is 4.79 Å². The third kappa shape index (κ3) is 2.75. The molecular weight excluding hydrogens is 258 g/mol. The van der Waals surface area contributed by atoms with Crippen LogP contribution >= 0.6 is 0 Å². The lowest BCUT2D eigenvalue weighted by molar-refractivity contribution is -0.143. The Morgan fingerprint density at radius 1 is 0.900 bits per heavy atom. The van der Waals surface area contributed by atoms with Gasteiger partial charge in [0.1, 0.15) is 6.04 Å². The van der Waals surface area contributed by atoms with Crippen molar-refractivity contribution < 1.29 is 14.7 Å². The Morgan fingerprint density at radius 3 is 2.20 bits per heavy atom. The molecule has 1 N–H and O–H groups in total. The van der Waals surface area contributed by atoms with E-state index >= 15 is 0 Å². The summed E-state index contributed by atoms with van der Waals surface area (Å²) < 4.78 is 0. The van der Waals surface area contributed by atoms with Crippen molar-refractivity contribution in [2.75, 3.05) is 32.7 Å². The van der Waals surface area contributed by atoms with Gasteiger partial charge in [-0.1, -0.05) is 0 Å². The Labute approximate surface area is 119 Å². The number of urea groups is 1. The molecule has 2 saturated heterocycles. The molecule has 1 atom stereocenters. The minimum absolute atomic E-state index is 0.0763. The van der Waals surface area contributed by atoms with E-state index < -0.39 is 12.0 Å². The number of hydrogen-bond acceptors (Lipinski definition) is 3. The van der Waals surface area contributed by atoms with E-state index in [0.717, 1.165) is 45.1 Å². The average Bonchev–Trinajstić information content (AvgIpc) is 3.31. The largest absolute Gasteiger partial charge is 0.480 e. The summed E-state index contributed by atoms with van der Waals surface area (Å²) in [6.45, 7) is 3.92. The topological polar surface area (TPSA) is 64.1 Å². The molecule has 3 fully saturated rings. The highest BCUT2D eigenvalue weighted by Crippen LogP contribution is 2.28. The van der Waals surface area contributed by atoms with Gasteiger partial charge in [-0.25, -0.2) is 9.59 Å². The van der Waals surface area contributed by atoms with Crippen LogP contribution in [-0.2, 0) is 4.79 Å². The van der Waals surface area contributed by atoms with E-state index in [1.807, 2.05) is 4.90 Å². The third-order valence-corrected chi connectivity index (χ3v) is 4.68. The standard InChI is InChI=1S/C14H23N3O3/c18-13(19)12-3-1-2-6-17(12)14(20)16-9-7-15(8-10-16)11-4-5-11/h11-12H,1-10H2,(H,18,19). The molecule has 2 heterocycles. The summed E-state index contributed by atoms with van der Waals surface area (Å²) in [5.41, 5.74) is 0. The second-order valence-corrected chi connectivity index (χ2v) is 6.08. The highest BCUT2D eigenvalue weighted by molar-refractivity contribution is 5.83. The van der Waals surface area contributed by atoms with Gasteiger partial charge >= 0.3 is 12.0 Å². The molecule has 1 saturated carbocycles. The van der Waals surface area contributed by atoms with Gasteiger partial charge in [0, 0.05) is 38.8 Å². The Kier molecular flexibility index (Phi) is 3.83. The van der Waals surface area contributed by atoms with Gasteiger partial charge in [0.05, 0.1) is 0 Å². The molecular formula is C14H23N3O3. The molecule has 0 aromatic heterocycles. The molecule has 20 heavy (non-hydrogen) atoms. The first kappa shape index (κ1) is 13.7. The summed E-state index contributed by atoms with van der Waals surface area (Å²) in [6.07, 6.45) is 4.99. The molecule has 6 nitrogen and oxygen atoms in total. The second kappa shape index (κ2) is 5.60. The predicted octanol–water partition coefficient (Wildman–Crippen LogP) is 0.825. The van der Waals surface area contributed by atoms with Gasteiger partial charge in [0.15, 0.2) is 0 Å². The van der Waals surface area contributed by atoms with Crippen LogP contribution in [0.2, 0.25) is 0 Å². The molecule has 1 unspecified atom stereocenters. The number of nitrogens with zero attached hydrogens (tertiary/aromatic N) is 3. The molecule has 3 aliphatic rings. The Hall–Kier alpha value is -1.30. The van der Waals surface area contributed by atoms with Crippen molar-refractivity contribution in [1.82, 2.24) is 14.7 Å². The number of hydrogen-bond donors (Lipinski definition) is 1. The number of carbonyl (C=O) groups is 2. The Morgan fingerprint density at radius 2 is 1.60 bits per heavy atom. The number of piperidine rings is 1. The summed E-state index contributed by atoms with van der Waals surface area (Å²) >= 11 is 0. The van der Waals surface area contributed by atoms with Crippen molar-refractivity contribution in [2.24, 2.45) is 0 Å². The monoisotopic (exact) mass is 281 g/mol. The predicted molar refractivity (Wildman–Crippen MR) is 73.5 cm³/mol. The number of carboxylic acid groups (broad SMARTS) is 1. The van der Waals surface area contributed by atoms with E-state index in [2.05, 4.69) is 4.90 Å². The van der Waals surface area contributed by atoms with E-state index in [4.69, 9.17) is 0 Å². The number of carboxylic acids is 1. The lowest BCUT2D eigenvalue weighted by Crippen LogP contribution is -2.57. The lowest BCUT2D eigenvalue weighted by atomic mass is 10.0. The van der Waals surface area contributed by atoms with E-state index in [1.54, 1.807) is 4.90 Å². The van der Waals surface area contributed by atoms with Gasteiger partial charge in [-0.3, -0.25) is 4.90 Å². The summed E-state index contributed by atoms with van der Waals surface area (Å²) in [4.78, 5) is 29.7. The van der Waals surface area contributed by atoms with Crippen molar-refractivity contribution in [3.63, 3.8) is 0 Å². The van der Waals surface area contributed by atoms with Crippen LogP contribution in [0, 0.1) is 0 Å². The number of aliphatic carboxylic acids is 1. The fraction of sp³-hybridized carbons (Fsp3) is 0.857. The maximum absolute atomic E-state index is 12.5. The molecule has 2 aliphatic heterocycles. The van der Waals surface area contributed by atoms with Crippen molar-refractivity contribution in [3.05, 3.63) is 0 Å². The van der Waals surface area contributed by atoms with Gasteiger partial charge in [-0.2, -0.15) is 0 Å². The normalized spacial score (nSPS) is 28.5. The Bertz CT molecular complexity index is 389. The zero-order valence-corrected chi connectivity index (χ0v) is 11.8. The minimum Gasteiger partial charge on any atom is -0.480 e. The molecule has 3 rings (SSSR count). The van der Waals surface area contributed by atoms with E-state index in [0.29, 0.717) is 13.0 Å². The maximum Gasteiger partial charge on any atom is 0.326 e. The molecule has 0 bridgehead atoms. The van der Waals surface area contributed by atoms with Crippen LogP contribution in [0.3, 0.4) is 0 Å². The lowest BCUT2D eigenvalue weighted by Gasteiger charge is -2.40. The van der Waals surface area contributed by atoms with Gasteiger partial charge in [0.2, 0.25) is 0 Å². The Balaban J connectivity index is 1.58. The smallest absolute Gasteiger partial charge is 0.326 e. The highest BCUT2D eigenvalue weighted by atomic mass is 16.4. The minimum atomic E-state index is -0.866. The van der Waals surface area contributed by atoms with E-state index in [9.17, 15) is 14.7 Å². The molecule has 1 aliphatic carbocycles.